The Morgan fingerprint density at radius 1 is 1.39 bits per heavy atom. The van der Waals surface area contributed by atoms with Gasteiger partial charge in [0.15, 0.2) is 0 Å². The summed E-state index contributed by atoms with van der Waals surface area (Å²) in [6.45, 7) is 7.13. The zero-order valence-electron chi connectivity index (χ0n) is 10.1. The lowest BCUT2D eigenvalue weighted by molar-refractivity contribution is -0.0326. The van der Waals surface area contributed by atoms with Crippen LogP contribution in [-0.4, -0.2) is 6.79 Å². The standard InChI is InChI=1S/C13H17N3O2/c1-3-4-7-11(2)17-10-18-16(15)13-9-6-5-8-12(13)14/h3-9H,1-2,10,14-15H2/b7-4-. The zero-order valence-corrected chi connectivity index (χ0v) is 10.1. The molecule has 1 aromatic rings. The van der Waals surface area contributed by atoms with Gasteiger partial charge in [-0.1, -0.05) is 37.4 Å². The number of rotatable bonds is 7. The van der Waals surface area contributed by atoms with Crippen molar-refractivity contribution in [2.45, 2.75) is 0 Å². The molecule has 5 nitrogen and oxygen atoms in total. The maximum absolute atomic E-state index is 5.74. The molecule has 0 aliphatic heterocycles. The molecule has 0 aliphatic rings. The smallest absolute Gasteiger partial charge is 0.215 e. The highest BCUT2D eigenvalue weighted by atomic mass is 16.8. The molecule has 0 radical (unpaired) electrons. The average Bonchev–Trinajstić information content (AvgIpc) is 2.36. The van der Waals surface area contributed by atoms with E-state index in [4.69, 9.17) is 21.2 Å². The van der Waals surface area contributed by atoms with Crippen molar-refractivity contribution in [3.05, 3.63) is 61.4 Å². The monoisotopic (exact) mass is 247 g/mol. The number of para-hydroxylation sites is 2. The van der Waals surface area contributed by atoms with E-state index in [0.717, 1.165) is 5.17 Å². The highest BCUT2D eigenvalue weighted by Crippen LogP contribution is 2.19. The first-order valence-corrected chi connectivity index (χ1v) is 5.28. The van der Waals surface area contributed by atoms with Gasteiger partial charge in [0.25, 0.3) is 0 Å². The van der Waals surface area contributed by atoms with Gasteiger partial charge in [-0.25, -0.2) is 10.7 Å². The van der Waals surface area contributed by atoms with E-state index < -0.39 is 0 Å². The summed E-state index contributed by atoms with van der Waals surface area (Å²) in [5.41, 5.74) is 6.82. The van der Waals surface area contributed by atoms with Crippen molar-refractivity contribution >= 4 is 11.4 Å². The van der Waals surface area contributed by atoms with Gasteiger partial charge < -0.3 is 10.5 Å². The van der Waals surface area contributed by atoms with Crippen molar-refractivity contribution in [1.82, 2.24) is 0 Å². The molecule has 0 amide bonds. The van der Waals surface area contributed by atoms with Gasteiger partial charge in [-0.2, -0.15) is 5.17 Å². The molecule has 0 aliphatic carbocycles. The Bertz CT molecular complexity index is 444. The first kappa shape index (κ1) is 13.8. The number of hydrogen-bond donors (Lipinski definition) is 2. The first-order valence-electron chi connectivity index (χ1n) is 5.28. The van der Waals surface area contributed by atoms with Gasteiger partial charge in [0.05, 0.1) is 5.69 Å². The van der Waals surface area contributed by atoms with Crippen LogP contribution in [0.2, 0.25) is 0 Å². The highest BCUT2D eigenvalue weighted by Gasteiger charge is 2.05. The van der Waals surface area contributed by atoms with Crippen LogP contribution in [-0.2, 0) is 9.57 Å². The molecule has 1 aromatic carbocycles. The van der Waals surface area contributed by atoms with Crippen LogP contribution < -0.4 is 16.7 Å². The van der Waals surface area contributed by atoms with Gasteiger partial charge in [-0.05, 0) is 18.2 Å². The lowest BCUT2D eigenvalue weighted by Crippen LogP contribution is -2.32. The van der Waals surface area contributed by atoms with E-state index >= 15 is 0 Å². The number of ether oxygens (including phenoxy) is 1. The van der Waals surface area contributed by atoms with Crippen LogP contribution in [0.5, 0.6) is 0 Å². The Balaban J connectivity index is 2.40. The van der Waals surface area contributed by atoms with Crippen LogP contribution in [0.25, 0.3) is 0 Å². The van der Waals surface area contributed by atoms with Crippen LogP contribution in [0.3, 0.4) is 0 Å². The van der Waals surface area contributed by atoms with E-state index in [-0.39, 0.29) is 6.79 Å². The normalized spacial score (nSPS) is 10.3. The summed E-state index contributed by atoms with van der Waals surface area (Å²) in [5, 5.41) is 1.06. The van der Waals surface area contributed by atoms with Crippen LogP contribution in [0.1, 0.15) is 0 Å². The summed E-state index contributed by atoms with van der Waals surface area (Å²) in [5.74, 6) is 6.12. The Morgan fingerprint density at radius 2 is 2.11 bits per heavy atom. The Morgan fingerprint density at radius 3 is 2.78 bits per heavy atom. The van der Waals surface area contributed by atoms with E-state index in [1.54, 1.807) is 30.4 Å². The minimum atomic E-state index is -0.0643. The number of anilines is 2. The molecule has 96 valence electrons. The molecule has 0 heterocycles. The van der Waals surface area contributed by atoms with Gasteiger partial charge in [0.2, 0.25) is 6.79 Å². The van der Waals surface area contributed by atoms with E-state index in [1.807, 2.05) is 12.1 Å². The summed E-state index contributed by atoms with van der Waals surface area (Å²) >= 11 is 0. The molecular weight excluding hydrogens is 230 g/mol. The largest absolute Gasteiger partial charge is 0.466 e. The average molecular weight is 247 g/mol. The number of nitrogens with zero attached hydrogens (tertiary/aromatic N) is 1. The van der Waals surface area contributed by atoms with Crippen LogP contribution in [0.4, 0.5) is 11.4 Å². The maximum Gasteiger partial charge on any atom is 0.215 e. The fourth-order valence-corrected chi connectivity index (χ4v) is 1.14. The molecule has 0 fully saturated rings. The van der Waals surface area contributed by atoms with Crippen molar-refractivity contribution in [2.75, 3.05) is 17.7 Å². The van der Waals surface area contributed by atoms with Gasteiger partial charge in [-0.3, -0.25) is 0 Å². The molecule has 18 heavy (non-hydrogen) atoms. The second-order valence-corrected chi connectivity index (χ2v) is 3.34. The van der Waals surface area contributed by atoms with Crippen LogP contribution in [0.15, 0.2) is 61.4 Å². The van der Waals surface area contributed by atoms with E-state index in [0.29, 0.717) is 17.1 Å². The number of benzene rings is 1. The molecular formula is C13H17N3O2. The SMILES string of the molecule is C=C/C=C\C(=C)OCON(N)c1ccccc1N. The Hall–Kier alpha value is -2.24. The van der Waals surface area contributed by atoms with Gasteiger partial charge in [-0.15, -0.1) is 0 Å². The lowest BCUT2D eigenvalue weighted by atomic mass is 10.3. The highest BCUT2D eigenvalue weighted by molar-refractivity contribution is 5.65. The predicted molar refractivity (Wildman–Crippen MR) is 73.0 cm³/mol. The molecule has 0 unspecified atom stereocenters. The van der Waals surface area contributed by atoms with Crippen molar-refractivity contribution in [2.24, 2.45) is 5.84 Å². The fourth-order valence-electron chi connectivity index (χ4n) is 1.14. The third kappa shape index (κ3) is 4.32. The molecule has 0 bridgehead atoms. The van der Waals surface area contributed by atoms with Crippen LogP contribution >= 0.6 is 0 Å². The Labute approximate surface area is 107 Å². The minimum absolute atomic E-state index is 0.0643. The summed E-state index contributed by atoms with van der Waals surface area (Å²) in [7, 11) is 0. The summed E-state index contributed by atoms with van der Waals surface area (Å²) in [6.07, 6.45) is 4.99. The van der Waals surface area contributed by atoms with Crippen molar-refractivity contribution in [3.63, 3.8) is 0 Å². The van der Waals surface area contributed by atoms with E-state index in [2.05, 4.69) is 13.2 Å². The number of allylic oxidation sites excluding steroid dienone is 3. The van der Waals surface area contributed by atoms with Crippen molar-refractivity contribution in [3.8, 4) is 0 Å². The van der Waals surface area contributed by atoms with Gasteiger partial charge in [0, 0.05) is 0 Å². The Kier molecular flexibility index (Phi) is 5.50. The maximum atomic E-state index is 5.74. The fraction of sp³-hybridized carbons (Fsp3) is 0.0769. The van der Waals surface area contributed by atoms with Crippen LogP contribution in [0, 0.1) is 0 Å². The number of nitrogen functional groups attached to an aromatic ring is 1. The zero-order chi connectivity index (χ0) is 13.4. The van der Waals surface area contributed by atoms with Crippen molar-refractivity contribution < 1.29 is 9.57 Å². The van der Waals surface area contributed by atoms with Gasteiger partial charge >= 0.3 is 0 Å². The third-order valence-corrected chi connectivity index (χ3v) is 2.03. The lowest BCUT2D eigenvalue weighted by Gasteiger charge is -2.19. The minimum Gasteiger partial charge on any atom is -0.466 e. The molecule has 5 heteroatoms. The van der Waals surface area contributed by atoms with Gasteiger partial charge in [0.1, 0.15) is 11.4 Å². The topological polar surface area (TPSA) is 73.7 Å². The molecule has 0 spiro atoms. The molecule has 0 saturated carbocycles. The predicted octanol–water partition coefficient (Wildman–Crippen LogP) is 2.11. The van der Waals surface area contributed by atoms with E-state index in [9.17, 15) is 0 Å². The molecule has 0 aromatic heterocycles. The molecule has 0 atom stereocenters. The summed E-state index contributed by atoms with van der Waals surface area (Å²) < 4.78 is 5.16. The quantitative estimate of drug-likeness (QED) is 0.193. The number of hydrazine groups is 1. The summed E-state index contributed by atoms with van der Waals surface area (Å²) in [4.78, 5) is 5.15. The number of nitrogens with two attached hydrogens (primary N) is 2. The molecule has 0 saturated heterocycles. The summed E-state index contributed by atoms with van der Waals surface area (Å²) in [6, 6.07) is 7.08. The second kappa shape index (κ2) is 7.16. The third-order valence-electron chi connectivity index (χ3n) is 2.03. The molecule has 1 rings (SSSR count). The second-order valence-electron chi connectivity index (χ2n) is 3.34. The first-order chi connectivity index (χ1) is 8.65. The van der Waals surface area contributed by atoms with E-state index in [1.165, 1.54) is 0 Å². The molecule has 4 N–H and O–H groups in total. The number of hydrogen-bond acceptors (Lipinski definition) is 5. The van der Waals surface area contributed by atoms with Crippen molar-refractivity contribution in [1.29, 1.82) is 0 Å².